The first-order valence-corrected chi connectivity index (χ1v) is 9.68. The number of amides is 2. The van der Waals surface area contributed by atoms with Gasteiger partial charge in [0.1, 0.15) is 5.58 Å². The maximum absolute atomic E-state index is 12.9. The molecule has 0 aliphatic carbocycles. The van der Waals surface area contributed by atoms with Gasteiger partial charge in [0, 0.05) is 35.6 Å². The maximum Gasteiger partial charge on any atom is 0.289 e. The molecule has 1 N–H and O–H groups in total. The van der Waals surface area contributed by atoms with Crippen LogP contribution in [0, 0.1) is 13.8 Å². The van der Waals surface area contributed by atoms with Crippen LogP contribution in [0.2, 0.25) is 0 Å². The summed E-state index contributed by atoms with van der Waals surface area (Å²) in [5.41, 5.74) is 3.30. The van der Waals surface area contributed by atoms with Crippen LogP contribution in [0.15, 0.2) is 52.9 Å². The van der Waals surface area contributed by atoms with Crippen LogP contribution in [0.5, 0.6) is 0 Å². The Hall–Kier alpha value is -3.08. The Balaban J connectivity index is 1.40. The summed E-state index contributed by atoms with van der Waals surface area (Å²) in [5.74, 6) is 0.303. The molecule has 0 radical (unpaired) electrons. The first-order chi connectivity index (χ1) is 13.5. The second-order valence-electron chi connectivity index (χ2n) is 7.41. The molecule has 2 heterocycles. The predicted molar refractivity (Wildman–Crippen MR) is 109 cm³/mol. The summed E-state index contributed by atoms with van der Waals surface area (Å²) in [7, 11) is 0. The van der Waals surface area contributed by atoms with Crippen LogP contribution in [0.1, 0.15) is 44.9 Å². The number of benzene rings is 2. The van der Waals surface area contributed by atoms with E-state index in [4.69, 9.17) is 4.42 Å². The minimum absolute atomic E-state index is 0.0454. The lowest BCUT2D eigenvalue weighted by atomic mass is 10.0. The van der Waals surface area contributed by atoms with E-state index in [1.54, 1.807) is 0 Å². The zero-order valence-corrected chi connectivity index (χ0v) is 16.2. The molecule has 4 rings (SSSR count). The van der Waals surface area contributed by atoms with Crippen molar-refractivity contribution < 1.29 is 14.0 Å². The van der Waals surface area contributed by atoms with Crippen LogP contribution in [-0.2, 0) is 0 Å². The van der Waals surface area contributed by atoms with Crippen molar-refractivity contribution in [1.82, 2.24) is 10.2 Å². The molecule has 2 aromatic carbocycles. The molecule has 0 spiro atoms. The van der Waals surface area contributed by atoms with Crippen molar-refractivity contribution in [2.75, 3.05) is 13.1 Å². The van der Waals surface area contributed by atoms with E-state index in [9.17, 15) is 9.59 Å². The summed E-state index contributed by atoms with van der Waals surface area (Å²) in [6.07, 6.45) is 1.48. The average Bonchev–Trinajstić information content (AvgIpc) is 3.05. The van der Waals surface area contributed by atoms with Gasteiger partial charge in [-0.1, -0.05) is 36.4 Å². The molecule has 144 valence electrons. The fourth-order valence-electron chi connectivity index (χ4n) is 3.84. The molecule has 2 amide bonds. The van der Waals surface area contributed by atoms with Crippen molar-refractivity contribution in [2.45, 2.75) is 32.7 Å². The third-order valence-electron chi connectivity index (χ3n) is 5.55. The molecule has 3 aromatic rings. The van der Waals surface area contributed by atoms with Crippen LogP contribution >= 0.6 is 0 Å². The van der Waals surface area contributed by atoms with Crippen molar-refractivity contribution in [3.05, 3.63) is 71.0 Å². The van der Waals surface area contributed by atoms with E-state index in [1.165, 1.54) is 0 Å². The van der Waals surface area contributed by atoms with Crippen molar-refractivity contribution >= 4 is 22.8 Å². The summed E-state index contributed by atoms with van der Waals surface area (Å²) in [4.78, 5) is 27.3. The Morgan fingerprint density at radius 1 is 1.00 bits per heavy atom. The molecule has 0 bridgehead atoms. The molecule has 0 unspecified atom stereocenters. The van der Waals surface area contributed by atoms with Gasteiger partial charge in [0.15, 0.2) is 5.76 Å². The van der Waals surface area contributed by atoms with Crippen LogP contribution in [0.4, 0.5) is 0 Å². The third kappa shape index (κ3) is 3.40. The number of rotatable bonds is 3. The molecule has 5 nitrogen and oxygen atoms in total. The van der Waals surface area contributed by atoms with Gasteiger partial charge in [0.25, 0.3) is 11.8 Å². The molecule has 0 saturated carbocycles. The van der Waals surface area contributed by atoms with Gasteiger partial charge in [-0.3, -0.25) is 9.59 Å². The zero-order valence-electron chi connectivity index (χ0n) is 16.2. The van der Waals surface area contributed by atoms with E-state index >= 15 is 0 Å². The van der Waals surface area contributed by atoms with Gasteiger partial charge in [0.05, 0.1) is 0 Å². The number of nitrogens with zero attached hydrogens (tertiary/aromatic N) is 1. The quantitative estimate of drug-likeness (QED) is 0.749. The van der Waals surface area contributed by atoms with Gasteiger partial charge in [-0.05, 0) is 44.4 Å². The largest absolute Gasteiger partial charge is 0.451 e. The van der Waals surface area contributed by atoms with E-state index in [0.717, 1.165) is 34.9 Å². The summed E-state index contributed by atoms with van der Waals surface area (Å²) in [6, 6.07) is 15.4. The monoisotopic (exact) mass is 376 g/mol. The second kappa shape index (κ2) is 7.50. The van der Waals surface area contributed by atoms with E-state index in [2.05, 4.69) is 5.32 Å². The van der Waals surface area contributed by atoms with Crippen LogP contribution in [-0.4, -0.2) is 35.8 Å². The van der Waals surface area contributed by atoms with E-state index in [-0.39, 0.29) is 17.9 Å². The number of piperidine rings is 1. The second-order valence-corrected chi connectivity index (χ2v) is 7.41. The summed E-state index contributed by atoms with van der Waals surface area (Å²) < 4.78 is 5.82. The van der Waals surface area contributed by atoms with Crippen molar-refractivity contribution in [2.24, 2.45) is 0 Å². The maximum atomic E-state index is 12.9. The number of hydrogen-bond donors (Lipinski definition) is 1. The van der Waals surface area contributed by atoms with Crippen molar-refractivity contribution in [3.63, 3.8) is 0 Å². The smallest absolute Gasteiger partial charge is 0.289 e. The Kier molecular flexibility index (Phi) is 4.90. The van der Waals surface area contributed by atoms with Crippen molar-refractivity contribution in [1.29, 1.82) is 0 Å². The van der Waals surface area contributed by atoms with Gasteiger partial charge in [0.2, 0.25) is 0 Å². The lowest BCUT2D eigenvalue weighted by molar-refractivity contribution is 0.0668. The van der Waals surface area contributed by atoms with Crippen LogP contribution in [0.25, 0.3) is 11.0 Å². The number of nitrogens with one attached hydrogen (secondary N) is 1. The number of para-hydroxylation sites is 1. The molecule has 5 heteroatoms. The fourth-order valence-corrected chi connectivity index (χ4v) is 3.84. The molecule has 1 aromatic heterocycles. The number of furan rings is 1. The standard InChI is InChI=1S/C23H24N2O3/c1-15-7-3-4-8-18(15)22(26)24-17-11-13-25(14-12-17)23(27)21-16(2)19-9-5-6-10-20(19)28-21/h3-10,17H,11-14H2,1-2H3,(H,24,26). The van der Waals surface area contributed by atoms with Gasteiger partial charge in [-0.25, -0.2) is 0 Å². The molecule has 28 heavy (non-hydrogen) atoms. The van der Waals surface area contributed by atoms with E-state index < -0.39 is 0 Å². The molecule has 1 fully saturated rings. The summed E-state index contributed by atoms with van der Waals surface area (Å²) >= 11 is 0. The molecular formula is C23H24N2O3. The lowest BCUT2D eigenvalue weighted by Gasteiger charge is -2.32. The third-order valence-corrected chi connectivity index (χ3v) is 5.55. The van der Waals surface area contributed by atoms with Gasteiger partial charge < -0.3 is 14.6 Å². The Morgan fingerprint density at radius 2 is 1.68 bits per heavy atom. The Bertz CT molecular complexity index is 1030. The van der Waals surface area contributed by atoms with Crippen molar-refractivity contribution in [3.8, 4) is 0 Å². The molecule has 1 saturated heterocycles. The summed E-state index contributed by atoms with van der Waals surface area (Å²) in [5, 5.41) is 4.09. The van der Waals surface area contributed by atoms with E-state index in [0.29, 0.717) is 24.4 Å². The van der Waals surface area contributed by atoms with Gasteiger partial charge in [-0.15, -0.1) is 0 Å². The number of aryl methyl sites for hydroxylation is 2. The Morgan fingerprint density at radius 3 is 2.39 bits per heavy atom. The number of carbonyl (C=O) groups is 2. The highest BCUT2D eigenvalue weighted by atomic mass is 16.3. The normalized spacial score (nSPS) is 15.0. The molecule has 0 atom stereocenters. The highest BCUT2D eigenvalue weighted by molar-refractivity contribution is 5.99. The average molecular weight is 376 g/mol. The first-order valence-electron chi connectivity index (χ1n) is 9.68. The first kappa shape index (κ1) is 18.3. The topological polar surface area (TPSA) is 62.6 Å². The summed E-state index contributed by atoms with van der Waals surface area (Å²) in [6.45, 7) is 5.07. The van der Waals surface area contributed by atoms with E-state index in [1.807, 2.05) is 67.3 Å². The van der Waals surface area contributed by atoms with Gasteiger partial charge in [-0.2, -0.15) is 0 Å². The van der Waals surface area contributed by atoms with Crippen LogP contribution in [0.3, 0.4) is 0 Å². The highest BCUT2D eigenvalue weighted by Gasteiger charge is 2.28. The number of fused-ring (bicyclic) bond motifs is 1. The van der Waals surface area contributed by atoms with Crippen LogP contribution < -0.4 is 5.32 Å². The number of likely N-dealkylation sites (tertiary alicyclic amines) is 1. The SMILES string of the molecule is Cc1ccccc1C(=O)NC1CCN(C(=O)c2oc3ccccc3c2C)CC1. The molecule has 1 aliphatic heterocycles. The lowest BCUT2D eigenvalue weighted by Crippen LogP contribution is -2.46. The molecular weight excluding hydrogens is 352 g/mol. The Labute approximate surface area is 164 Å². The predicted octanol–water partition coefficient (Wildman–Crippen LogP) is 4.08. The number of hydrogen-bond acceptors (Lipinski definition) is 3. The van der Waals surface area contributed by atoms with Gasteiger partial charge >= 0.3 is 0 Å². The molecule has 1 aliphatic rings. The number of carbonyl (C=O) groups excluding carboxylic acids is 2. The zero-order chi connectivity index (χ0) is 19.7. The fraction of sp³-hybridized carbons (Fsp3) is 0.304. The minimum atomic E-state index is -0.0719. The minimum Gasteiger partial charge on any atom is -0.451 e. The highest BCUT2D eigenvalue weighted by Crippen LogP contribution is 2.27.